The van der Waals surface area contributed by atoms with Crippen molar-refractivity contribution in [2.24, 2.45) is 0 Å². The maximum atomic E-state index is 11.5. The van der Waals surface area contributed by atoms with Crippen LogP contribution in [0.4, 0.5) is 0 Å². The van der Waals surface area contributed by atoms with Gasteiger partial charge >= 0.3 is 0 Å². The molecule has 0 saturated carbocycles. The number of unbranched alkanes of at least 4 members (excludes halogenated alkanes) is 2. The van der Waals surface area contributed by atoms with Gasteiger partial charge in [-0.25, -0.2) is 4.98 Å². The molecule has 1 N–H and O–H groups in total. The first-order chi connectivity index (χ1) is 14.6. The van der Waals surface area contributed by atoms with Crippen molar-refractivity contribution < 1.29 is 4.79 Å². The number of aromatic nitrogens is 2. The molecule has 0 aliphatic carbocycles. The highest BCUT2D eigenvalue weighted by Gasteiger charge is 2.11. The van der Waals surface area contributed by atoms with Gasteiger partial charge in [-0.15, -0.1) is 0 Å². The third-order valence-corrected chi connectivity index (χ3v) is 5.42. The van der Waals surface area contributed by atoms with Crippen LogP contribution >= 0.6 is 0 Å². The standard InChI is InChI=1S/C26H33N3O/c1-4-10-26(30)27-18-9-5-6-13-25-28-23-11-7-8-12-24(23)29(25)19-21-14-16-22(17-15-21)20(2)3/h4,7-8,10-12,14-17,20H,5-6,9,13,18-19H2,1-3H3,(H,27,30)/b10-4+. The topological polar surface area (TPSA) is 46.9 Å². The molecule has 0 radical (unpaired) electrons. The number of imidazole rings is 1. The Morgan fingerprint density at radius 3 is 2.57 bits per heavy atom. The summed E-state index contributed by atoms with van der Waals surface area (Å²) in [5, 5.41) is 2.91. The second kappa shape index (κ2) is 10.8. The fourth-order valence-electron chi connectivity index (χ4n) is 3.69. The third-order valence-electron chi connectivity index (χ3n) is 5.42. The van der Waals surface area contributed by atoms with Crippen molar-refractivity contribution >= 4 is 16.9 Å². The van der Waals surface area contributed by atoms with Crippen molar-refractivity contribution in [1.29, 1.82) is 0 Å². The van der Waals surface area contributed by atoms with E-state index in [1.54, 1.807) is 12.2 Å². The molecular weight excluding hydrogens is 370 g/mol. The Labute approximate surface area is 180 Å². The molecule has 0 bridgehead atoms. The number of rotatable bonds is 10. The largest absolute Gasteiger partial charge is 0.353 e. The fraction of sp³-hybridized carbons (Fsp3) is 0.385. The molecule has 3 aromatic rings. The molecule has 4 heteroatoms. The normalized spacial score (nSPS) is 11.6. The highest BCUT2D eigenvalue weighted by molar-refractivity contribution is 5.87. The summed E-state index contributed by atoms with van der Waals surface area (Å²) in [6.07, 6.45) is 7.39. The number of benzene rings is 2. The fourth-order valence-corrected chi connectivity index (χ4v) is 3.69. The minimum Gasteiger partial charge on any atom is -0.353 e. The number of allylic oxidation sites excluding steroid dienone is 1. The van der Waals surface area contributed by atoms with Crippen molar-refractivity contribution in [2.75, 3.05) is 6.54 Å². The summed E-state index contributed by atoms with van der Waals surface area (Å²) in [6, 6.07) is 17.3. The Morgan fingerprint density at radius 2 is 1.83 bits per heavy atom. The maximum absolute atomic E-state index is 11.5. The number of para-hydroxylation sites is 2. The van der Waals surface area contributed by atoms with Crippen LogP contribution in [-0.2, 0) is 17.8 Å². The predicted molar refractivity (Wildman–Crippen MR) is 125 cm³/mol. The molecule has 0 aliphatic heterocycles. The van der Waals surface area contributed by atoms with Crippen LogP contribution in [0.3, 0.4) is 0 Å². The number of aryl methyl sites for hydroxylation is 1. The van der Waals surface area contributed by atoms with Gasteiger partial charge in [-0.3, -0.25) is 4.79 Å². The quantitative estimate of drug-likeness (QED) is 0.353. The van der Waals surface area contributed by atoms with Gasteiger partial charge in [0.1, 0.15) is 5.82 Å². The molecule has 2 aromatic carbocycles. The molecule has 3 rings (SSSR count). The second-order valence-corrected chi connectivity index (χ2v) is 8.10. The number of carbonyl (C=O) groups is 1. The van der Waals surface area contributed by atoms with E-state index < -0.39 is 0 Å². The van der Waals surface area contributed by atoms with Crippen LogP contribution < -0.4 is 5.32 Å². The molecule has 0 fully saturated rings. The number of hydrogen-bond acceptors (Lipinski definition) is 2. The van der Waals surface area contributed by atoms with Crippen molar-refractivity contribution in [1.82, 2.24) is 14.9 Å². The number of nitrogens with zero attached hydrogens (tertiary/aromatic N) is 2. The molecule has 0 aliphatic rings. The highest BCUT2D eigenvalue weighted by Crippen LogP contribution is 2.21. The first kappa shape index (κ1) is 21.8. The summed E-state index contributed by atoms with van der Waals surface area (Å²) in [7, 11) is 0. The van der Waals surface area contributed by atoms with Crippen LogP contribution in [0.2, 0.25) is 0 Å². The summed E-state index contributed by atoms with van der Waals surface area (Å²) in [4.78, 5) is 16.4. The Kier molecular flexibility index (Phi) is 7.83. The van der Waals surface area contributed by atoms with Crippen molar-refractivity contribution in [3.63, 3.8) is 0 Å². The van der Waals surface area contributed by atoms with Crippen LogP contribution in [0.15, 0.2) is 60.7 Å². The van der Waals surface area contributed by atoms with Gasteiger partial charge in [-0.1, -0.05) is 62.7 Å². The van der Waals surface area contributed by atoms with E-state index in [4.69, 9.17) is 4.98 Å². The van der Waals surface area contributed by atoms with E-state index in [0.717, 1.165) is 50.1 Å². The van der Waals surface area contributed by atoms with Gasteiger partial charge in [-0.05, 0) is 55.0 Å². The smallest absolute Gasteiger partial charge is 0.243 e. The van der Waals surface area contributed by atoms with Gasteiger partial charge in [0.25, 0.3) is 0 Å². The predicted octanol–water partition coefficient (Wildman–Crippen LogP) is 5.61. The molecule has 0 saturated heterocycles. The average Bonchev–Trinajstić information content (AvgIpc) is 3.08. The molecule has 0 atom stereocenters. The lowest BCUT2D eigenvalue weighted by Crippen LogP contribution is -2.21. The third kappa shape index (κ3) is 5.82. The molecule has 30 heavy (non-hydrogen) atoms. The van der Waals surface area contributed by atoms with E-state index in [2.05, 4.69) is 66.2 Å². The zero-order valence-corrected chi connectivity index (χ0v) is 18.4. The molecule has 4 nitrogen and oxygen atoms in total. The van der Waals surface area contributed by atoms with Crippen molar-refractivity contribution in [2.45, 2.75) is 58.9 Å². The lowest BCUT2D eigenvalue weighted by molar-refractivity contribution is -0.116. The van der Waals surface area contributed by atoms with E-state index in [0.29, 0.717) is 5.92 Å². The number of hydrogen-bond donors (Lipinski definition) is 1. The second-order valence-electron chi connectivity index (χ2n) is 8.10. The monoisotopic (exact) mass is 403 g/mol. The maximum Gasteiger partial charge on any atom is 0.243 e. The summed E-state index contributed by atoms with van der Waals surface area (Å²) < 4.78 is 2.35. The number of carbonyl (C=O) groups excluding carboxylic acids is 1. The zero-order chi connectivity index (χ0) is 21.3. The summed E-state index contributed by atoms with van der Waals surface area (Å²) in [5.74, 6) is 1.68. The number of nitrogens with one attached hydrogen (secondary N) is 1. The Morgan fingerprint density at radius 1 is 1.07 bits per heavy atom. The van der Waals surface area contributed by atoms with Gasteiger partial charge in [0.15, 0.2) is 0 Å². The Hall–Kier alpha value is -2.88. The average molecular weight is 404 g/mol. The molecular formula is C26H33N3O. The first-order valence-electron chi connectivity index (χ1n) is 11.0. The number of amides is 1. The lowest BCUT2D eigenvalue weighted by Gasteiger charge is -2.11. The SMILES string of the molecule is C/C=C/C(=O)NCCCCCc1nc2ccccc2n1Cc1ccc(C(C)C)cc1. The van der Waals surface area contributed by atoms with Gasteiger partial charge in [0, 0.05) is 19.5 Å². The van der Waals surface area contributed by atoms with Crippen molar-refractivity contribution in [3.8, 4) is 0 Å². The first-order valence-corrected chi connectivity index (χ1v) is 11.0. The Balaban J connectivity index is 1.64. The van der Waals surface area contributed by atoms with Crippen LogP contribution in [0.5, 0.6) is 0 Å². The molecule has 1 heterocycles. The summed E-state index contributed by atoms with van der Waals surface area (Å²) >= 11 is 0. The van der Waals surface area contributed by atoms with Gasteiger partial charge < -0.3 is 9.88 Å². The lowest BCUT2D eigenvalue weighted by atomic mass is 10.0. The molecule has 1 aromatic heterocycles. The summed E-state index contributed by atoms with van der Waals surface area (Å²) in [5.41, 5.74) is 4.93. The minimum atomic E-state index is -0.0113. The van der Waals surface area contributed by atoms with Crippen molar-refractivity contribution in [3.05, 3.63) is 77.6 Å². The zero-order valence-electron chi connectivity index (χ0n) is 18.4. The van der Waals surface area contributed by atoms with E-state index in [1.165, 1.54) is 16.6 Å². The van der Waals surface area contributed by atoms with Crippen LogP contribution in [0.1, 0.15) is 62.9 Å². The van der Waals surface area contributed by atoms with Gasteiger partial charge in [0.2, 0.25) is 5.91 Å². The van der Waals surface area contributed by atoms with Crippen LogP contribution in [0.25, 0.3) is 11.0 Å². The van der Waals surface area contributed by atoms with Gasteiger partial charge in [-0.2, -0.15) is 0 Å². The molecule has 0 spiro atoms. The molecule has 0 unspecified atom stereocenters. The molecule has 158 valence electrons. The highest BCUT2D eigenvalue weighted by atomic mass is 16.1. The van der Waals surface area contributed by atoms with E-state index in [9.17, 15) is 4.79 Å². The van der Waals surface area contributed by atoms with E-state index >= 15 is 0 Å². The summed E-state index contributed by atoms with van der Waals surface area (Å²) in [6.45, 7) is 7.87. The van der Waals surface area contributed by atoms with E-state index in [1.807, 2.05) is 13.0 Å². The van der Waals surface area contributed by atoms with E-state index in [-0.39, 0.29) is 5.91 Å². The number of fused-ring (bicyclic) bond motifs is 1. The molecule has 1 amide bonds. The van der Waals surface area contributed by atoms with Gasteiger partial charge in [0.05, 0.1) is 11.0 Å². The Bertz CT molecular complexity index is 983. The minimum absolute atomic E-state index is 0.0113. The van der Waals surface area contributed by atoms with Crippen LogP contribution in [-0.4, -0.2) is 22.0 Å². The van der Waals surface area contributed by atoms with Crippen LogP contribution in [0, 0.1) is 0 Å².